The van der Waals surface area contributed by atoms with E-state index in [-0.39, 0.29) is 12.0 Å². The number of aryl methyl sites for hydroxylation is 2. The van der Waals surface area contributed by atoms with Crippen molar-refractivity contribution >= 4 is 5.57 Å². The SMILES string of the molecule is C/C=C(F)\C(=C/C(CCC)C(F)(F)F)c1cc2n(n1)CCCC2. The topological polar surface area (TPSA) is 17.8 Å². The van der Waals surface area contributed by atoms with Crippen LogP contribution in [0.3, 0.4) is 0 Å². The Labute approximate surface area is 133 Å². The first-order chi connectivity index (χ1) is 10.9. The molecule has 0 spiro atoms. The molecule has 1 aromatic rings. The van der Waals surface area contributed by atoms with E-state index < -0.39 is 17.9 Å². The second kappa shape index (κ2) is 7.32. The van der Waals surface area contributed by atoms with Crippen molar-refractivity contribution in [3.8, 4) is 0 Å². The van der Waals surface area contributed by atoms with Gasteiger partial charge in [0.1, 0.15) is 5.83 Å². The fourth-order valence-corrected chi connectivity index (χ4v) is 2.85. The molecule has 6 heteroatoms. The number of halogens is 4. The highest BCUT2D eigenvalue weighted by atomic mass is 19.4. The van der Waals surface area contributed by atoms with E-state index >= 15 is 0 Å². The predicted molar refractivity (Wildman–Crippen MR) is 82.5 cm³/mol. The highest BCUT2D eigenvalue weighted by molar-refractivity contribution is 5.75. The van der Waals surface area contributed by atoms with E-state index in [0.717, 1.165) is 37.6 Å². The minimum absolute atomic E-state index is 0.0508. The third-order valence-corrected chi connectivity index (χ3v) is 4.09. The highest BCUT2D eigenvalue weighted by Crippen LogP contribution is 2.35. The van der Waals surface area contributed by atoms with Crippen molar-refractivity contribution in [1.82, 2.24) is 9.78 Å². The van der Waals surface area contributed by atoms with Gasteiger partial charge in [-0.05, 0) is 38.7 Å². The van der Waals surface area contributed by atoms with Gasteiger partial charge in [-0.3, -0.25) is 4.68 Å². The summed E-state index contributed by atoms with van der Waals surface area (Å²) in [4.78, 5) is 0. The number of hydrogen-bond acceptors (Lipinski definition) is 1. The Hall–Kier alpha value is -1.59. The third-order valence-electron chi connectivity index (χ3n) is 4.09. The Kier molecular flexibility index (Phi) is 5.65. The van der Waals surface area contributed by atoms with Gasteiger partial charge in [0.15, 0.2) is 0 Å². The molecule has 1 aliphatic heterocycles. The van der Waals surface area contributed by atoms with E-state index in [2.05, 4.69) is 5.10 Å². The third kappa shape index (κ3) is 4.24. The molecule has 1 aliphatic rings. The molecule has 0 aliphatic carbocycles. The summed E-state index contributed by atoms with van der Waals surface area (Å²) in [6.07, 6.45) is 0.959. The van der Waals surface area contributed by atoms with Crippen molar-refractivity contribution in [3.63, 3.8) is 0 Å². The van der Waals surface area contributed by atoms with Crippen molar-refractivity contribution in [2.45, 2.75) is 58.7 Å². The van der Waals surface area contributed by atoms with Gasteiger partial charge in [-0.15, -0.1) is 0 Å². The summed E-state index contributed by atoms with van der Waals surface area (Å²) in [5.41, 5.74) is 1.20. The lowest BCUT2D eigenvalue weighted by molar-refractivity contribution is -0.162. The van der Waals surface area contributed by atoms with Crippen LogP contribution >= 0.6 is 0 Å². The summed E-state index contributed by atoms with van der Waals surface area (Å²) in [7, 11) is 0. The molecule has 2 heterocycles. The lowest BCUT2D eigenvalue weighted by Crippen LogP contribution is -2.21. The first-order valence-electron chi connectivity index (χ1n) is 8.04. The maximum atomic E-state index is 14.2. The lowest BCUT2D eigenvalue weighted by Gasteiger charge is -2.17. The van der Waals surface area contributed by atoms with Crippen LogP contribution in [0.1, 0.15) is 50.9 Å². The maximum absolute atomic E-state index is 14.2. The Bertz CT molecular complexity index is 573. The minimum Gasteiger partial charge on any atom is -0.269 e. The summed E-state index contributed by atoms with van der Waals surface area (Å²) in [5.74, 6) is -2.32. The van der Waals surface area contributed by atoms with E-state index in [1.807, 2.05) is 0 Å². The average molecular weight is 330 g/mol. The Balaban J connectivity index is 2.44. The van der Waals surface area contributed by atoms with E-state index in [9.17, 15) is 17.6 Å². The van der Waals surface area contributed by atoms with Gasteiger partial charge in [0.05, 0.1) is 11.6 Å². The fraction of sp³-hybridized carbons (Fsp3) is 0.588. The molecule has 0 saturated carbocycles. The van der Waals surface area contributed by atoms with Crippen molar-refractivity contribution in [3.05, 3.63) is 35.4 Å². The molecule has 0 N–H and O–H groups in total. The average Bonchev–Trinajstić information content (AvgIpc) is 2.93. The van der Waals surface area contributed by atoms with Crippen LogP contribution in [-0.2, 0) is 13.0 Å². The molecule has 2 rings (SSSR count). The summed E-state index contributed by atoms with van der Waals surface area (Å²) >= 11 is 0. The number of aromatic nitrogens is 2. The summed E-state index contributed by atoms with van der Waals surface area (Å²) < 4.78 is 55.5. The molecule has 0 aromatic carbocycles. The number of alkyl halides is 3. The predicted octanol–water partition coefficient (Wildman–Crippen LogP) is 5.45. The fourth-order valence-electron chi connectivity index (χ4n) is 2.85. The molecule has 1 unspecified atom stereocenters. The standard InChI is InChI=1S/C17H22F4N2/c1-3-7-12(17(19,20)21)10-14(15(18)4-2)16-11-13-8-5-6-9-23(13)22-16/h4,10-12H,3,5-9H2,1-2H3/b14-10+,15-4+. The number of hydrogen-bond donors (Lipinski definition) is 0. The second-order valence-electron chi connectivity index (χ2n) is 5.85. The van der Waals surface area contributed by atoms with Crippen LogP contribution in [0.4, 0.5) is 17.6 Å². The molecule has 128 valence electrons. The van der Waals surface area contributed by atoms with Crippen LogP contribution in [0.5, 0.6) is 0 Å². The molecule has 23 heavy (non-hydrogen) atoms. The zero-order chi connectivity index (χ0) is 17.0. The van der Waals surface area contributed by atoms with E-state index in [1.165, 1.54) is 13.0 Å². The Morgan fingerprint density at radius 1 is 1.39 bits per heavy atom. The molecule has 1 aromatic heterocycles. The van der Waals surface area contributed by atoms with Gasteiger partial charge >= 0.3 is 6.18 Å². The van der Waals surface area contributed by atoms with Gasteiger partial charge in [-0.2, -0.15) is 18.3 Å². The highest BCUT2D eigenvalue weighted by Gasteiger charge is 2.38. The molecular formula is C17H22F4N2. The van der Waals surface area contributed by atoms with E-state index in [4.69, 9.17) is 0 Å². The molecule has 0 fully saturated rings. The van der Waals surface area contributed by atoms with Gasteiger partial charge in [-0.25, -0.2) is 4.39 Å². The second-order valence-corrected chi connectivity index (χ2v) is 5.85. The van der Waals surface area contributed by atoms with Crippen LogP contribution in [0.2, 0.25) is 0 Å². The Morgan fingerprint density at radius 2 is 2.13 bits per heavy atom. The molecular weight excluding hydrogens is 308 g/mol. The number of rotatable bonds is 5. The number of nitrogens with zero attached hydrogens (tertiary/aromatic N) is 2. The number of allylic oxidation sites excluding steroid dienone is 4. The van der Waals surface area contributed by atoms with Crippen molar-refractivity contribution < 1.29 is 17.6 Å². The van der Waals surface area contributed by atoms with Crippen molar-refractivity contribution in [1.29, 1.82) is 0 Å². The van der Waals surface area contributed by atoms with Crippen LogP contribution < -0.4 is 0 Å². The van der Waals surface area contributed by atoms with Crippen LogP contribution in [0, 0.1) is 5.92 Å². The molecule has 2 nitrogen and oxygen atoms in total. The Morgan fingerprint density at radius 3 is 2.70 bits per heavy atom. The van der Waals surface area contributed by atoms with Crippen molar-refractivity contribution in [2.75, 3.05) is 0 Å². The van der Waals surface area contributed by atoms with E-state index in [1.54, 1.807) is 17.7 Å². The molecule has 0 radical (unpaired) electrons. The normalized spacial score (nSPS) is 18.0. The smallest absolute Gasteiger partial charge is 0.269 e. The largest absolute Gasteiger partial charge is 0.395 e. The first kappa shape index (κ1) is 17.8. The number of fused-ring (bicyclic) bond motifs is 1. The van der Waals surface area contributed by atoms with Crippen molar-refractivity contribution in [2.24, 2.45) is 5.92 Å². The minimum atomic E-state index is -4.38. The zero-order valence-corrected chi connectivity index (χ0v) is 13.5. The molecule has 0 bridgehead atoms. The summed E-state index contributed by atoms with van der Waals surface area (Å²) in [5, 5.41) is 4.32. The van der Waals surface area contributed by atoms with Gasteiger partial charge in [0.2, 0.25) is 0 Å². The molecule has 0 saturated heterocycles. The molecule has 1 atom stereocenters. The van der Waals surface area contributed by atoms with Crippen LogP contribution in [-0.4, -0.2) is 16.0 Å². The molecule has 0 amide bonds. The maximum Gasteiger partial charge on any atom is 0.395 e. The summed E-state index contributed by atoms with van der Waals surface area (Å²) in [6, 6.07) is 1.72. The van der Waals surface area contributed by atoms with Crippen LogP contribution in [0.25, 0.3) is 5.57 Å². The zero-order valence-electron chi connectivity index (χ0n) is 13.5. The quantitative estimate of drug-likeness (QED) is 0.518. The lowest BCUT2D eigenvalue weighted by atomic mass is 9.97. The van der Waals surface area contributed by atoms with Gasteiger partial charge in [0.25, 0.3) is 0 Å². The van der Waals surface area contributed by atoms with Crippen LogP contribution in [0.15, 0.2) is 24.0 Å². The first-order valence-corrected chi connectivity index (χ1v) is 8.04. The van der Waals surface area contributed by atoms with Gasteiger partial charge in [0, 0.05) is 17.8 Å². The monoisotopic (exact) mass is 330 g/mol. The summed E-state index contributed by atoms with van der Waals surface area (Å²) in [6.45, 7) is 3.90. The van der Waals surface area contributed by atoms with Gasteiger partial charge in [-0.1, -0.05) is 25.5 Å². The van der Waals surface area contributed by atoms with E-state index in [0.29, 0.717) is 12.1 Å². The van der Waals surface area contributed by atoms with Gasteiger partial charge < -0.3 is 0 Å².